The number of methoxy groups -OCH3 is 1. The number of anilines is 1. The molecule has 1 saturated heterocycles. The summed E-state index contributed by atoms with van der Waals surface area (Å²) in [7, 11) is -1.92. The first-order valence-electron chi connectivity index (χ1n) is 11.2. The van der Waals surface area contributed by atoms with Crippen LogP contribution in [0.1, 0.15) is 40.9 Å². The molecule has 3 aromatic rings. The number of nitrogens with one attached hydrogen (secondary N) is 1. The topological polar surface area (TPSA) is 93.5 Å². The molecule has 1 aromatic heterocycles. The minimum atomic E-state index is -3.54. The lowest BCUT2D eigenvalue weighted by Gasteiger charge is -2.25. The van der Waals surface area contributed by atoms with Crippen LogP contribution in [0.25, 0.3) is 5.69 Å². The van der Waals surface area contributed by atoms with Crippen LogP contribution in [-0.2, 0) is 21.5 Å². The zero-order valence-corrected chi connectivity index (χ0v) is 20.5. The Hall–Kier alpha value is -2.82. The highest BCUT2D eigenvalue weighted by atomic mass is 32.2. The quantitative estimate of drug-likeness (QED) is 0.551. The van der Waals surface area contributed by atoms with Gasteiger partial charge in [-0.2, -0.15) is 21.2 Å². The number of thioether (sulfide) groups is 1. The SMILES string of the molecule is COc1ccc(-n2nc3c(c2NC(=O)c2ccc(S(=O)(=O)N4CCCCC4)cc2)CSC3)cc1. The number of carbonyl (C=O) groups is 1. The van der Waals surface area contributed by atoms with Crippen molar-refractivity contribution in [1.29, 1.82) is 0 Å². The maximum Gasteiger partial charge on any atom is 0.256 e. The minimum absolute atomic E-state index is 0.214. The molecule has 0 saturated carbocycles. The van der Waals surface area contributed by atoms with Crippen LogP contribution in [0.3, 0.4) is 0 Å². The number of benzene rings is 2. The first kappa shape index (κ1) is 22.9. The first-order valence-corrected chi connectivity index (χ1v) is 13.8. The molecule has 5 rings (SSSR count). The molecular formula is C24H26N4O4S2. The zero-order chi connectivity index (χ0) is 23.7. The van der Waals surface area contributed by atoms with E-state index in [9.17, 15) is 13.2 Å². The molecular weight excluding hydrogens is 472 g/mol. The summed E-state index contributed by atoms with van der Waals surface area (Å²) < 4.78 is 34.3. The van der Waals surface area contributed by atoms with E-state index in [1.165, 1.54) is 16.4 Å². The Morgan fingerprint density at radius 3 is 2.38 bits per heavy atom. The fourth-order valence-corrected chi connectivity index (χ4v) is 6.82. The molecule has 1 N–H and O–H groups in total. The number of rotatable bonds is 6. The summed E-state index contributed by atoms with van der Waals surface area (Å²) in [4.78, 5) is 13.3. The number of amides is 1. The molecule has 178 valence electrons. The Labute approximate surface area is 203 Å². The van der Waals surface area contributed by atoms with Gasteiger partial charge in [-0.05, 0) is 61.4 Å². The average Bonchev–Trinajstić information content (AvgIpc) is 3.47. The second-order valence-corrected chi connectivity index (χ2v) is 11.2. The maximum atomic E-state index is 13.1. The number of piperidine rings is 1. The van der Waals surface area contributed by atoms with Gasteiger partial charge < -0.3 is 10.1 Å². The highest BCUT2D eigenvalue weighted by Gasteiger charge is 2.27. The van der Waals surface area contributed by atoms with Crippen molar-refractivity contribution in [2.75, 3.05) is 25.5 Å². The molecule has 8 nitrogen and oxygen atoms in total. The van der Waals surface area contributed by atoms with Gasteiger partial charge in [0.1, 0.15) is 11.6 Å². The molecule has 2 aromatic carbocycles. The Balaban J connectivity index is 1.39. The molecule has 1 fully saturated rings. The van der Waals surface area contributed by atoms with Crippen molar-refractivity contribution in [3.05, 3.63) is 65.4 Å². The molecule has 0 unspecified atom stereocenters. The van der Waals surface area contributed by atoms with E-state index in [2.05, 4.69) is 5.32 Å². The number of hydrogen-bond donors (Lipinski definition) is 1. The molecule has 0 atom stereocenters. The van der Waals surface area contributed by atoms with E-state index in [1.54, 1.807) is 35.7 Å². The monoisotopic (exact) mass is 498 g/mol. The van der Waals surface area contributed by atoms with Crippen LogP contribution in [0.2, 0.25) is 0 Å². The van der Waals surface area contributed by atoms with Crippen molar-refractivity contribution in [3.8, 4) is 11.4 Å². The van der Waals surface area contributed by atoms with E-state index >= 15 is 0 Å². The number of ether oxygens (including phenoxy) is 1. The Morgan fingerprint density at radius 1 is 1.00 bits per heavy atom. The zero-order valence-electron chi connectivity index (χ0n) is 18.9. The third kappa shape index (κ3) is 4.33. The Kier molecular flexibility index (Phi) is 6.37. The lowest BCUT2D eigenvalue weighted by Crippen LogP contribution is -2.35. The number of fused-ring (bicyclic) bond motifs is 1. The number of nitrogens with zero attached hydrogens (tertiary/aromatic N) is 3. The molecule has 34 heavy (non-hydrogen) atoms. The van der Waals surface area contributed by atoms with Gasteiger partial charge in [-0.15, -0.1) is 0 Å². The normalized spacial score (nSPS) is 16.3. The number of carbonyl (C=O) groups excluding carboxylic acids is 1. The highest BCUT2D eigenvalue weighted by molar-refractivity contribution is 7.98. The predicted molar refractivity (Wildman–Crippen MR) is 132 cm³/mol. The van der Waals surface area contributed by atoms with Gasteiger partial charge in [-0.25, -0.2) is 13.1 Å². The molecule has 0 aliphatic carbocycles. The van der Waals surface area contributed by atoms with Crippen molar-refractivity contribution in [2.24, 2.45) is 0 Å². The molecule has 0 bridgehead atoms. The number of aromatic nitrogens is 2. The predicted octanol–water partition coefficient (Wildman–Crippen LogP) is 4.05. The summed E-state index contributed by atoms with van der Waals surface area (Å²) in [5, 5.41) is 7.73. The summed E-state index contributed by atoms with van der Waals surface area (Å²) >= 11 is 1.76. The minimum Gasteiger partial charge on any atom is -0.497 e. The third-order valence-corrected chi connectivity index (χ3v) is 9.05. The molecule has 3 heterocycles. The Bertz CT molecular complexity index is 1300. The average molecular weight is 499 g/mol. The molecule has 0 spiro atoms. The lowest BCUT2D eigenvalue weighted by atomic mass is 10.2. The van der Waals surface area contributed by atoms with E-state index in [-0.39, 0.29) is 10.8 Å². The number of sulfonamides is 1. The van der Waals surface area contributed by atoms with Gasteiger partial charge >= 0.3 is 0 Å². The van der Waals surface area contributed by atoms with Crippen molar-refractivity contribution in [2.45, 2.75) is 35.7 Å². The fraction of sp³-hybridized carbons (Fsp3) is 0.333. The number of hydrogen-bond acceptors (Lipinski definition) is 6. The van der Waals surface area contributed by atoms with Crippen molar-refractivity contribution in [1.82, 2.24) is 14.1 Å². The standard InChI is InChI=1S/C24H26N4O4S2/c1-32-19-9-7-18(8-10-19)28-23(21-15-33-16-22(21)26-28)25-24(29)17-5-11-20(12-6-17)34(30,31)27-13-3-2-4-14-27/h5-12H,2-4,13-16H2,1H3,(H,25,29). The van der Waals surface area contributed by atoms with E-state index in [0.29, 0.717) is 24.5 Å². The maximum absolute atomic E-state index is 13.1. The second-order valence-electron chi connectivity index (χ2n) is 8.32. The van der Waals surface area contributed by atoms with Crippen molar-refractivity contribution < 1.29 is 17.9 Å². The summed E-state index contributed by atoms with van der Waals surface area (Å²) in [5.74, 6) is 2.64. The second kappa shape index (κ2) is 9.44. The highest BCUT2D eigenvalue weighted by Crippen LogP contribution is 2.36. The molecule has 2 aliphatic heterocycles. The fourth-order valence-electron chi connectivity index (χ4n) is 4.26. The van der Waals surface area contributed by atoms with E-state index in [0.717, 1.165) is 53.5 Å². The summed E-state index contributed by atoms with van der Waals surface area (Å²) in [5.41, 5.74) is 3.18. The van der Waals surface area contributed by atoms with Crippen LogP contribution in [0, 0.1) is 0 Å². The van der Waals surface area contributed by atoms with E-state index < -0.39 is 10.0 Å². The van der Waals surface area contributed by atoms with Crippen LogP contribution >= 0.6 is 11.8 Å². The van der Waals surface area contributed by atoms with Crippen LogP contribution in [0.5, 0.6) is 5.75 Å². The van der Waals surface area contributed by atoms with Gasteiger partial charge in [-0.1, -0.05) is 6.42 Å². The van der Waals surface area contributed by atoms with Crippen LogP contribution in [0.4, 0.5) is 5.82 Å². The van der Waals surface area contributed by atoms with Crippen molar-refractivity contribution in [3.63, 3.8) is 0 Å². The van der Waals surface area contributed by atoms with Crippen LogP contribution in [-0.4, -0.2) is 48.6 Å². The summed E-state index contributed by atoms with van der Waals surface area (Å²) in [6.07, 6.45) is 2.81. The van der Waals surface area contributed by atoms with Gasteiger partial charge in [-0.3, -0.25) is 4.79 Å². The van der Waals surface area contributed by atoms with Gasteiger partial charge in [0.25, 0.3) is 5.91 Å². The van der Waals surface area contributed by atoms with Gasteiger partial charge in [0.05, 0.1) is 23.4 Å². The van der Waals surface area contributed by atoms with Crippen LogP contribution in [0.15, 0.2) is 53.4 Å². The van der Waals surface area contributed by atoms with Crippen molar-refractivity contribution >= 4 is 33.5 Å². The van der Waals surface area contributed by atoms with Crippen LogP contribution < -0.4 is 10.1 Å². The van der Waals surface area contributed by atoms with Gasteiger partial charge in [0.15, 0.2) is 0 Å². The lowest BCUT2D eigenvalue weighted by molar-refractivity contribution is 0.102. The molecule has 1 amide bonds. The summed E-state index contributed by atoms with van der Waals surface area (Å²) in [6.45, 7) is 1.09. The molecule has 0 radical (unpaired) electrons. The Morgan fingerprint density at radius 2 is 1.71 bits per heavy atom. The van der Waals surface area contributed by atoms with E-state index in [1.807, 2.05) is 24.3 Å². The molecule has 10 heteroatoms. The molecule has 2 aliphatic rings. The largest absolute Gasteiger partial charge is 0.497 e. The smallest absolute Gasteiger partial charge is 0.256 e. The van der Waals surface area contributed by atoms with Gasteiger partial charge in [0, 0.05) is 35.7 Å². The summed E-state index contributed by atoms with van der Waals surface area (Å²) in [6, 6.07) is 13.6. The first-order chi connectivity index (χ1) is 16.5. The van der Waals surface area contributed by atoms with Gasteiger partial charge in [0.2, 0.25) is 10.0 Å². The van der Waals surface area contributed by atoms with E-state index in [4.69, 9.17) is 9.84 Å². The third-order valence-electron chi connectivity index (χ3n) is 6.17.